The highest BCUT2D eigenvalue weighted by molar-refractivity contribution is 5.46. The van der Waals surface area contributed by atoms with Gasteiger partial charge in [-0.15, -0.1) is 0 Å². The highest BCUT2D eigenvalue weighted by atomic mass is 15.2. The van der Waals surface area contributed by atoms with Gasteiger partial charge in [-0.25, -0.2) is 4.98 Å². The second-order valence-electron chi connectivity index (χ2n) is 4.50. The zero-order valence-corrected chi connectivity index (χ0v) is 9.48. The van der Waals surface area contributed by atoms with Crippen LogP contribution in [0.3, 0.4) is 0 Å². The lowest BCUT2D eigenvalue weighted by atomic mass is 10.0. The summed E-state index contributed by atoms with van der Waals surface area (Å²) >= 11 is 0. The van der Waals surface area contributed by atoms with Crippen LogP contribution in [0.4, 0.5) is 5.82 Å². The molecule has 1 fully saturated rings. The lowest BCUT2D eigenvalue weighted by molar-refractivity contribution is 0.488. The lowest BCUT2D eigenvalue weighted by Crippen LogP contribution is -2.30. The molecule has 0 aliphatic carbocycles. The van der Waals surface area contributed by atoms with E-state index < -0.39 is 0 Å². The van der Waals surface area contributed by atoms with E-state index in [-0.39, 0.29) is 0 Å². The minimum Gasteiger partial charge on any atom is -0.356 e. The van der Waals surface area contributed by atoms with Gasteiger partial charge in [0.25, 0.3) is 0 Å². The molecule has 0 spiro atoms. The van der Waals surface area contributed by atoms with E-state index >= 15 is 0 Å². The molecular weight excluding hydrogens is 186 g/mol. The van der Waals surface area contributed by atoms with E-state index in [0.717, 1.165) is 18.9 Å². The van der Waals surface area contributed by atoms with Gasteiger partial charge in [-0.1, -0.05) is 6.07 Å². The van der Waals surface area contributed by atoms with Gasteiger partial charge in [0.05, 0.1) is 0 Å². The van der Waals surface area contributed by atoms with E-state index in [4.69, 9.17) is 5.73 Å². The molecule has 3 nitrogen and oxygen atoms in total. The first kappa shape index (κ1) is 10.4. The van der Waals surface area contributed by atoms with Crippen molar-refractivity contribution in [3.63, 3.8) is 0 Å². The summed E-state index contributed by atoms with van der Waals surface area (Å²) in [6.45, 7) is 6.35. The molecule has 2 N–H and O–H groups in total. The van der Waals surface area contributed by atoms with Crippen molar-refractivity contribution in [2.75, 3.05) is 18.0 Å². The fourth-order valence-corrected chi connectivity index (χ4v) is 2.22. The van der Waals surface area contributed by atoms with Crippen molar-refractivity contribution in [3.8, 4) is 0 Å². The monoisotopic (exact) mass is 205 g/mol. The molecule has 2 atom stereocenters. The lowest BCUT2D eigenvalue weighted by Gasteiger charge is -2.20. The van der Waals surface area contributed by atoms with Crippen molar-refractivity contribution in [2.45, 2.75) is 26.3 Å². The van der Waals surface area contributed by atoms with Gasteiger partial charge >= 0.3 is 0 Å². The molecule has 1 aliphatic heterocycles. The molecule has 2 rings (SSSR count). The van der Waals surface area contributed by atoms with Gasteiger partial charge in [0.2, 0.25) is 0 Å². The molecule has 2 heterocycles. The molecule has 0 radical (unpaired) electrons. The fourth-order valence-electron chi connectivity index (χ4n) is 2.22. The van der Waals surface area contributed by atoms with Crippen molar-refractivity contribution < 1.29 is 0 Å². The summed E-state index contributed by atoms with van der Waals surface area (Å²) in [5, 5.41) is 0. The Morgan fingerprint density at radius 2 is 2.40 bits per heavy atom. The van der Waals surface area contributed by atoms with Crippen molar-refractivity contribution in [3.05, 3.63) is 23.9 Å². The van der Waals surface area contributed by atoms with Crippen LogP contribution in [-0.2, 0) is 0 Å². The molecule has 1 saturated heterocycles. The smallest absolute Gasteiger partial charge is 0.131 e. The average molecular weight is 205 g/mol. The van der Waals surface area contributed by atoms with Crippen LogP contribution in [-0.4, -0.2) is 24.1 Å². The first-order chi connectivity index (χ1) is 7.18. The minimum atomic E-state index is 0.291. The number of anilines is 1. The molecule has 1 aromatic rings. The summed E-state index contributed by atoms with van der Waals surface area (Å²) in [6, 6.07) is 4.39. The maximum Gasteiger partial charge on any atom is 0.131 e. The number of pyridine rings is 1. The average Bonchev–Trinajstić information content (AvgIpc) is 2.67. The van der Waals surface area contributed by atoms with Gasteiger partial charge in [0.1, 0.15) is 5.82 Å². The van der Waals surface area contributed by atoms with Crippen LogP contribution in [0.15, 0.2) is 18.3 Å². The molecule has 0 bridgehead atoms. The molecule has 0 aromatic carbocycles. The van der Waals surface area contributed by atoms with E-state index in [9.17, 15) is 0 Å². The van der Waals surface area contributed by atoms with Gasteiger partial charge < -0.3 is 10.6 Å². The van der Waals surface area contributed by atoms with E-state index in [1.807, 2.05) is 12.3 Å². The van der Waals surface area contributed by atoms with Gasteiger partial charge in [0, 0.05) is 25.3 Å². The molecule has 1 aromatic heterocycles. The molecule has 2 unspecified atom stereocenters. The van der Waals surface area contributed by atoms with E-state index in [1.165, 1.54) is 12.0 Å². The third-order valence-corrected chi connectivity index (χ3v) is 3.25. The molecule has 82 valence electrons. The van der Waals surface area contributed by atoms with Crippen LogP contribution in [0.25, 0.3) is 0 Å². The number of rotatable bonds is 2. The predicted octanol–water partition coefficient (Wildman–Crippen LogP) is 1.56. The summed E-state index contributed by atoms with van der Waals surface area (Å²) in [5.74, 6) is 1.74. The Morgan fingerprint density at radius 1 is 1.60 bits per heavy atom. The summed E-state index contributed by atoms with van der Waals surface area (Å²) in [7, 11) is 0. The third-order valence-electron chi connectivity index (χ3n) is 3.25. The van der Waals surface area contributed by atoms with Crippen LogP contribution in [0, 0.1) is 12.8 Å². The van der Waals surface area contributed by atoms with Gasteiger partial charge in [-0.2, -0.15) is 0 Å². The Morgan fingerprint density at radius 3 is 3.00 bits per heavy atom. The van der Waals surface area contributed by atoms with Crippen molar-refractivity contribution in [1.29, 1.82) is 0 Å². The van der Waals surface area contributed by atoms with Crippen molar-refractivity contribution in [1.82, 2.24) is 4.98 Å². The molecule has 0 saturated carbocycles. The highest BCUT2D eigenvalue weighted by Gasteiger charge is 2.26. The first-order valence-corrected chi connectivity index (χ1v) is 5.60. The number of nitrogens with zero attached hydrogens (tertiary/aromatic N) is 2. The molecule has 0 amide bonds. The van der Waals surface area contributed by atoms with Crippen LogP contribution >= 0.6 is 0 Å². The molecule has 3 heteroatoms. The summed E-state index contributed by atoms with van der Waals surface area (Å²) in [4.78, 5) is 6.79. The zero-order valence-electron chi connectivity index (χ0n) is 9.48. The summed E-state index contributed by atoms with van der Waals surface area (Å²) in [5.41, 5.74) is 7.18. The minimum absolute atomic E-state index is 0.291. The fraction of sp³-hybridized carbons (Fsp3) is 0.583. The quantitative estimate of drug-likeness (QED) is 0.796. The van der Waals surface area contributed by atoms with Gasteiger partial charge in [-0.3, -0.25) is 0 Å². The Kier molecular flexibility index (Phi) is 2.91. The molecule has 15 heavy (non-hydrogen) atoms. The number of hydrogen-bond donors (Lipinski definition) is 1. The standard InChI is InChI=1S/C12H19N3/c1-9-4-3-6-14-12(9)15-7-5-11(8-15)10(2)13/h3-4,6,10-11H,5,7-8,13H2,1-2H3. The van der Waals surface area contributed by atoms with E-state index in [2.05, 4.69) is 29.8 Å². The number of nitrogens with two attached hydrogens (primary N) is 1. The maximum absolute atomic E-state index is 5.93. The van der Waals surface area contributed by atoms with Crippen LogP contribution in [0.1, 0.15) is 18.9 Å². The van der Waals surface area contributed by atoms with Crippen molar-refractivity contribution >= 4 is 5.82 Å². The van der Waals surface area contributed by atoms with E-state index in [0.29, 0.717) is 12.0 Å². The first-order valence-electron chi connectivity index (χ1n) is 5.60. The SMILES string of the molecule is Cc1cccnc1N1CCC(C(C)N)C1. The normalized spacial score (nSPS) is 23.1. The Balaban J connectivity index is 2.11. The number of aromatic nitrogens is 1. The topological polar surface area (TPSA) is 42.2 Å². The second-order valence-corrected chi connectivity index (χ2v) is 4.50. The molecule has 1 aliphatic rings. The van der Waals surface area contributed by atoms with Crippen LogP contribution in [0.2, 0.25) is 0 Å². The largest absolute Gasteiger partial charge is 0.356 e. The van der Waals surface area contributed by atoms with Crippen molar-refractivity contribution in [2.24, 2.45) is 11.7 Å². The van der Waals surface area contributed by atoms with Crippen LogP contribution < -0.4 is 10.6 Å². The predicted molar refractivity (Wildman–Crippen MR) is 62.9 cm³/mol. The maximum atomic E-state index is 5.93. The third kappa shape index (κ3) is 2.12. The zero-order chi connectivity index (χ0) is 10.8. The Bertz CT molecular complexity index is 335. The van der Waals surface area contributed by atoms with Gasteiger partial charge in [-0.05, 0) is 37.8 Å². The second kappa shape index (κ2) is 4.19. The van der Waals surface area contributed by atoms with Gasteiger partial charge in [0.15, 0.2) is 0 Å². The number of hydrogen-bond acceptors (Lipinski definition) is 3. The highest BCUT2D eigenvalue weighted by Crippen LogP contribution is 2.25. The molecular formula is C12H19N3. The Hall–Kier alpha value is -1.09. The summed E-state index contributed by atoms with van der Waals surface area (Å²) < 4.78 is 0. The van der Waals surface area contributed by atoms with E-state index in [1.54, 1.807) is 0 Å². The van der Waals surface area contributed by atoms with Crippen LogP contribution in [0.5, 0.6) is 0 Å². The Labute approximate surface area is 91.3 Å². The number of aryl methyl sites for hydroxylation is 1. The summed E-state index contributed by atoms with van der Waals surface area (Å²) in [6.07, 6.45) is 3.05.